The summed E-state index contributed by atoms with van der Waals surface area (Å²) in [7, 11) is 0. The summed E-state index contributed by atoms with van der Waals surface area (Å²) in [5.74, 6) is 1.20. The molecule has 58 heavy (non-hydrogen) atoms. The summed E-state index contributed by atoms with van der Waals surface area (Å²) in [6.07, 6.45) is 20.3. The minimum Gasteiger partial charge on any atom is -0.462 e. The van der Waals surface area contributed by atoms with E-state index in [1.165, 1.54) is 11.1 Å². The number of hydrogen-bond acceptors (Lipinski definition) is 10. The van der Waals surface area contributed by atoms with Crippen LogP contribution in [0.3, 0.4) is 0 Å². The van der Waals surface area contributed by atoms with E-state index in [1.807, 2.05) is 34.6 Å². The average Bonchev–Trinajstić information content (AvgIpc) is 3.16. The summed E-state index contributed by atoms with van der Waals surface area (Å²) in [5.41, 5.74) is 2.06. The summed E-state index contributed by atoms with van der Waals surface area (Å²) >= 11 is 0. The van der Waals surface area contributed by atoms with Crippen molar-refractivity contribution in [2.45, 2.75) is 175 Å². The average molecular weight is 809 g/mol. The Hall–Kier alpha value is -3.24. The number of allylic oxidation sites excluding steroid dienone is 6. The molecule has 10 heteroatoms. The first-order chi connectivity index (χ1) is 27.5. The molecule has 324 valence electrons. The molecule has 0 amide bonds. The van der Waals surface area contributed by atoms with Crippen LogP contribution in [0.1, 0.15) is 139 Å². The second-order valence-corrected chi connectivity index (χ2v) is 19.0. The summed E-state index contributed by atoms with van der Waals surface area (Å²) in [6, 6.07) is 0. The highest BCUT2D eigenvalue weighted by atomic mass is 16.6. The van der Waals surface area contributed by atoms with Gasteiger partial charge in [0.15, 0.2) is 0 Å². The van der Waals surface area contributed by atoms with E-state index in [0.29, 0.717) is 42.4 Å². The van der Waals surface area contributed by atoms with Gasteiger partial charge in [-0.3, -0.25) is 19.2 Å². The van der Waals surface area contributed by atoms with Crippen LogP contribution in [0.4, 0.5) is 0 Å². The van der Waals surface area contributed by atoms with E-state index in [2.05, 4.69) is 57.2 Å². The number of hydrogen-bond donors (Lipinski definition) is 2. The fourth-order valence-corrected chi connectivity index (χ4v) is 9.88. The SMILES string of the molecule is CCC(C)(C)C(=O)O[C@H]1C[C@@H](C)C=C2C=C[C@H](C)[C@H](CC[C@@H]3C[C@@H](O)CC(=O)O3)[C@H]21.CC[C@H](C)C(=O)O[C@H]1CCC=C2C=C[C@H](C)[C@H](CC[C@@H]3C[C@@H](O)CC(=O)O3)[C@H]21. The monoisotopic (exact) mass is 809 g/mol. The van der Waals surface area contributed by atoms with Gasteiger partial charge in [-0.2, -0.15) is 0 Å². The largest absolute Gasteiger partial charge is 0.462 e. The number of cyclic esters (lactones) is 2. The molecular weight excluding hydrogens is 737 g/mol. The number of fused-ring (bicyclic) bond motifs is 2. The van der Waals surface area contributed by atoms with Crippen molar-refractivity contribution >= 4 is 23.9 Å². The van der Waals surface area contributed by atoms with Crippen molar-refractivity contribution in [2.75, 3.05) is 0 Å². The van der Waals surface area contributed by atoms with Crippen molar-refractivity contribution in [3.05, 3.63) is 47.6 Å². The third kappa shape index (κ3) is 11.7. The lowest BCUT2D eigenvalue weighted by molar-refractivity contribution is -0.166. The van der Waals surface area contributed by atoms with Gasteiger partial charge in [0, 0.05) is 24.7 Å². The molecule has 0 saturated carbocycles. The van der Waals surface area contributed by atoms with Crippen molar-refractivity contribution < 1.29 is 48.3 Å². The fraction of sp³-hybridized carbons (Fsp3) is 0.750. The van der Waals surface area contributed by atoms with E-state index < -0.39 is 17.6 Å². The van der Waals surface area contributed by atoms with E-state index in [9.17, 15) is 29.4 Å². The van der Waals surface area contributed by atoms with Crippen LogP contribution in [-0.2, 0) is 38.1 Å². The third-order valence-electron chi connectivity index (χ3n) is 14.0. The van der Waals surface area contributed by atoms with Crippen molar-refractivity contribution in [2.24, 2.45) is 52.8 Å². The maximum Gasteiger partial charge on any atom is 0.311 e. The third-order valence-corrected chi connectivity index (χ3v) is 14.0. The Labute approximate surface area is 347 Å². The van der Waals surface area contributed by atoms with Crippen molar-refractivity contribution in [3.63, 3.8) is 0 Å². The van der Waals surface area contributed by atoms with Gasteiger partial charge in [0.05, 0.1) is 36.4 Å². The van der Waals surface area contributed by atoms with Crippen LogP contribution in [0.25, 0.3) is 0 Å². The topological polar surface area (TPSA) is 146 Å². The molecule has 2 aliphatic heterocycles. The minimum atomic E-state index is -0.601. The van der Waals surface area contributed by atoms with E-state index in [1.54, 1.807) is 0 Å². The predicted octanol–water partition coefficient (Wildman–Crippen LogP) is 8.54. The predicted molar refractivity (Wildman–Crippen MR) is 222 cm³/mol. The zero-order valence-corrected chi connectivity index (χ0v) is 36.4. The van der Waals surface area contributed by atoms with Crippen LogP contribution in [0.15, 0.2) is 47.6 Å². The number of ether oxygens (including phenoxy) is 4. The molecule has 10 nitrogen and oxygen atoms in total. The van der Waals surface area contributed by atoms with Crippen LogP contribution in [0.2, 0.25) is 0 Å². The molecule has 2 N–H and O–H groups in total. The highest BCUT2D eigenvalue weighted by Crippen LogP contribution is 2.47. The summed E-state index contributed by atoms with van der Waals surface area (Å²) in [5, 5.41) is 19.8. The van der Waals surface area contributed by atoms with Crippen LogP contribution in [0, 0.1) is 52.8 Å². The second kappa shape index (κ2) is 20.3. The number of aliphatic hydroxyl groups is 2. The van der Waals surface area contributed by atoms with Crippen molar-refractivity contribution in [1.29, 1.82) is 0 Å². The number of esters is 4. The Kier molecular flexibility index (Phi) is 16.1. The van der Waals surface area contributed by atoms with E-state index >= 15 is 0 Å². The van der Waals surface area contributed by atoms with Gasteiger partial charge in [0.25, 0.3) is 0 Å². The maximum atomic E-state index is 12.9. The number of aliphatic hydroxyl groups excluding tert-OH is 2. The highest BCUT2D eigenvalue weighted by molar-refractivity contribution is 5.76. The molecule has 0 bridgehead atoms. The quantitative estimate of drug-likeness (QED) is 0.145. The molecule has 0 unspecified atom stereocenters. The molecule has 4 aliphatic carbocycles. The van der Waals surface area contributed by atoms with Gasteiger partial charge in [0.2, 0.25) is 0 Å². The molecule has 14 atom stereocenters. The molecular formula is C48H72O10. The van der Waals surface area contributed by atoms with Gasteiger partial charge in [-0.1, -0.05) is 78.0 Å². The van der Waals surface area contributed by atoms with Gasteiger partial charge >= 0.3 is 23.9 Å². The normalized spacial score (nSPS) is 36.3. The molecule has 0 radical (unpaired) electrons. The van der Waals surface area contributed by atoms with Gasteiger partial charge < -0.3 is 29.2 Å². The fourth-order valence-electron chi connectivity index (χ4n) is 9.88. The molecule has 0 aromatic carbocycles. The molecule has 0 aromatic heterocycles. The standard InChI is InChI=1S/C25H38O5.C23H34O5/c1-6-25(4,5)24(28)30-21-12-15(2)11-17-8-7-16(3)20(23(17)21)10-9-19-13-18(26)14-22(27)29-19;1-4-14(2)23(26)28-20-7-5-6-16-9-8-15(3)19(22(16)20)11-10-18-12-17(24)13-21(25)27-18/h7-8,11,15-16,18-21,23,26H,6,9-10,12-14H2,1-5H3;6,8-9,14-15,17-20,22,24H,4-5,7,10-13H2,1-3H3/t15-,16-,18+,19+,20-,21-,23-;14-,15-,17+,18+,19-,20-,22-/m00/s1. The maximum absolute atomic E-state index is 12.9. The first kappa shape index (κ1) is 45.8. The van der Waals surface area contributed by atoms with E-state index in [4.69, 9.17) is 18.9 Å². The van der Waals surface area contributed by atoms with E-state index in [-0.39, 0.29) is 78.9 Å². The van der Waals surface area contributed by atoms with Crippen LogP contribution < -0.4 is 0 Å². The lowest BCUT2D eigenvalue weighted by atomic mass is 9.65. The highest BCUT2D eigenvalue weighted by Gasteiger charge is 2.44. The van der Waals surface area contributed by atoms with Gasteiger partial charge in [0.1, 0.15) is 24.4 Å². The molecule has 2 fully saturated rings. The number of rotatable bonds is 12. The Bertz CT molecular complexity index is 1570. The Morgan fingerprint density at radius 2 is 1.33 bits per heavy atom. The van der Waals surface area contributed by atoms with Gasteiger partial charge in [-0.25, -0.2) is 0 Å². The molecule has 2 heterocycles. The van der Waals surface area contributed by atoms with Crippen LogP contribution >= 0.6 is 0 Å². The molecule has 2 saturated heterocycles. The summed E-state index contributed by atoms with van der Waals surface area (Å²) < 4.78 is 23.0. The van der Waals surface area contributed by atoms with Gasteiger partial charge in [-0.05, 0) is 112 Å². The minimum absolute atomic E-state index is 0.0764. The van der Waals surface area contributed by atoms with Crippen molar-refractivity contribution in [1.82, 2.24) is 0 Å². The molecule has 0 aromatic rings. The zero-order valence-electron chi connectivity index (χ0n) is 36.4. The molecule has 0 spiro atoms. The second-order valence-electron chi connectivity index (χ2n) is 19.0. The first-order valence-corrected chi connectivity index (χ1v) is 22.4. The lowest BCUT2D eigenvalue weighted by Crippen LogP contribution is -2.43. The first-order valence-electron chi connectivity index (χ1n) is 22.4. The Morgan fingerprint density at radius 3 is 1.84 bits per heavy atom. The smallest absolute Gasteiger partial charge is 0.311 e. The van der Waals surface area contributed by atoms with Crippen LogP contribution in [-0.4, -0.2) is 70.7 Å². The molecule has 6 aliphatic rings. The van der Waals surface area contributed by atoms with Crippen LogP contribution in [0.5, 0.6) is 0 Å². The Morgan fingerprint density at radius 1 is 0.793 bits per heavy atom. The number of carbonyl (C=O) groups excluding carboxylic acids is 4. The lowest BCUT2D eigenvalue weighted by Gasteiger charge is -2.44. The summed E-state index contributed by atoms with van der Waals surface area (Å²) in [4.78, 5) is 48.6. The molecule has 6 rings (SSSR count). The zero-order chi connectivity index (χ0) is 42.3. The Balaban J connectivity index is 0.000000221. The summed E-state index contributed by atoms with van der Waals surface area (Å²) in [6.45, 7) is 16.4. The van der Waals surface area contributed by atoms with Crippen molar-refractivity contribution in [3.8, 4) is 0 Å². The van der Waals surface area contributed by atoms with Gasteiger partial charge in [-0.15, -0.1) is 0 Å². The van der Waals surface area contributed by atoms with E-state index in [0.717, 1.165) is 57.8 Å². The number of carbonyl (C=O) groups is 4.